The quantitative estimate of drug-likeness (QED) is 0.633. The van der Waals surface area contributed by atoms with Gasteiger partial charge in [0.2, 0.25) is 0 Å². The predicted molar refractivity (Wildman–Crippen MR) is 67.4 cm³/mol. The number of amides is 2. The zero-order valence-electron chi connectivity index (χ0n) is 11.0. The van der Waals surface area contributed by atoms with Crippen LogP contribution in [-0.2, 0) is 9.57 Å². The number of rotatable bonds is 2. The van der Waals surface area contributed by atoms with Gasteiger partial charge in [-0.05, 0) is 6.92 Å². The maximum Gasteiger partial charge on any atom is 0.329 e. The summed E-state index contributed by atoms with van der Waals surface area (Å²) in [5, 5.41) is 25.3. The summed E-state index contributed by atoms with van der Waals surface area (Å²) in [6.45, 7) is 1.61. The summed E-state index contributed by atoms with van der Waals surface area (Å²) in [5.74, 6) is 0.418. The number of aliphatic hydroxyl groups is 2. The van der Waals surface area contributed by atoms with Crippen molar-refractivity contribution in [3.8, 4) is 0 Å². The summed E-state index contributed by atoms with van der Waals surface area (Å²) in [7, 11) is 0. The molecule has 2 amide bonds. The predicted octanol–water partition coefficient (Wildman–Crippen LogP) is -0.514. The van der Waals surface area contributed by atoms with Crippen molar-refractivity contribution in [2.45, 2.75) is 44.3 Å². The Labute approximate surface area is 115 Å². The lowest BCUT2D eigenvalue weighted by molar-refractivity contribution is -0.0537. The summed E-state index contributed by atoms with van der Waals surface area (Å²) in [6, 6.07) is -0.388. The SMILES string of the molecule is C[C@@H]1CC2=CN([C@H]3C[C@H](O)[C@@H](CO)O3)C(=O)NC2=NO1. The van der Waals surface area contributed by atoms with Gasteiger partial charge in [0.1, 0.15) is 18.4 Å². The van der Waals surface area contributed by atoms with Crippen LogP contribution < -0.4 is 5.32 Å². The molecule has 110 valence electrons. The second kappa shape index (κ2) is 5.04. The Bertz CT molecular complexity index is 478. The van der Waals surface area contributed by atoms with Crippen molar-refractivity contribution in [2.75, 3.05) is 6.61 Å². The Kier molecular flexibility index (Phi) is 3.36. The highest BCUT2D eigenvalue weighted by Crippen LogP contribution is 2.27. The van der Waals surface area contributed by atoms with Gasteiger partial charge in [-0.15, -0.1) is 0 Å². The van der Waals surface area contributed by atoms with Crippen molar-refractivity contribution >= 4 is 11.9 Å². The lowest BCUT2D eigenvalue weighted by atomic mass is 10.1. The van der Waals surface area contributed by atoms with Crippen LogP contribution in [0.2, 0.25) is 0 Å². The Balaban J connectivity index is 1.80. The molecule has 4 atom stereocenters. The fraction of sp³-hybridized carbons (Fsp3) is 0.667. The van der Waals surface area contributed by atoms with Gasteiger partial charge >= 0.3 is 6.03 Å². The van der Waals surface area contributed by atoms with E-state index in [1.54, 1.807) is 6.20 Å². The van der Waals surface area contributed by atoms with Crippen LogP contribution >= 0.6 is 0 Å². The lowest BCUT2D eigenvalue weighted by Gasteiger charge is -2.32. The molecule has 0 spiro atoms. The summed E-state index contributed by atoms with van der Waals surface area (Å²) in [4.78, 5) is 18.5. The maximum absolute atomic E-state index is 12.0. The Morgan fingerprint density at radius 1 is 1.60 bits per heavy atom. The first kappa shape index (κ1) is 13.3. The van der Waals surface area contributed by atoms with Gasteiger partial charge in [-0.1, -0.05) is 5.16 Å². The van der Waals surface area contributed by atoms with Gasteiger partial charge in [0.25, 0.3) is 0 Å². The number of hydrogen-bond donors (Lipinski definition) is 3. The average Bonchev–Trinajstić information content (AvgIpc) is 2.79. The molecular formula is C12H17N3O5. The van der Waals surface area contributed by atoms with Crippen LogP contribution in [0.5, 0.6) is 0 Å². The normalized spacial score (nSPS) is 36.8. The fourth-order valence-electron chi connectivity index (χ4n) is 2.52. The van der Waals surface area contributed by atoms with E-state index in [4.69, 9.17) is 14.7 Å². The molecule has 0 aromatic heterocycles. The molecule has 0 aromatic rings. The average molecular weight is 283 g/mol. The number of ether oxygens (including phenoxy) is 1. The number of amidine groups is 1. The molecule has 3 aliphatic rings. The van der Waals surface area contributed by atoms with Crippen LogP contribution in [0.15, 0.2) is 16.9 Å². The zero-order chi connectivity index (χ0) is 14.3. The highest BCUT2D eigenvalue weighted by molar-refractivity contribution is 6.09. The maximum atomic E-state index is 12.0. The fourth-order valence-corrected chi connectivity index (χ4v) is 2.52. The van der Waals surface area contributed by atoms with E-state index in [1.807, 2.05) is 6.92 Å². The van der Waals surface area contributed by atoms with Crippen molar-refractivity contribution in [3.63, 3.8) is 0 Å². The summed E-state index contributed by atoms with van der Waals surface area (Å²) in [6.07, 6.45) is 0.495. The second-order valence-corrected chi connectivity index (χ2v) is 5.17. The van der Waals surface area contributed by atoms with E-state index in [-0.39, 0.29) is 25.2 Å². The summed E-state index contributed by atoms with van der Waals surface area (Å²) < 4.78 is 5.49. The smallest absolute Gasteiger partial charge is 0.329 e. The highest BCUT2D eigenvalue weighted by atomic mass is 16.6. The van der Waals surface area contributed by atoms with Crippen LogP contribution in [0.4, 0.5) is 4.79 Å². The van der Waals surface area contributed by atoms with Crippen molar-refractivity contribution in [3.05, 3.63) is 11.8 Å². The highest BCUT2D eigenvalue weighted by Gasteiger charge is 2.40. The van der Waals surface area contributed by atoms with Gasteiger partial charge in [0.05, 0.1) is 12.7 Å². The third kappa shape index (κ3) is 2.26. The minimum absolute atomic E-state index is 0.0536. The molecule has 20 heavy (non-hydrogen) atoms. The van der Waals surface area contributed by atoms with Crippen molar-refractivity contribution in [2.24, 2.45) is 5.16 Å². The molecule has 0 radical (unpaired) electrons. The van der Waals surface area contributed by atoms with E-state index in [0.717, 1.165) is 5.57 Å². The van der Waals surface area contributed by atoms with Crippen LogP contribution in [0.1, 0.15) is 19.8 Å². The molecule has 0 saturated carbocycles. The summed E-state index contributed by atoms with van der Waals surface area (Å²) in [5.41, 5.74) is 0.855. The van der Waals surface area contributed by atoms with E-state index < -0.39 is 18.4 Å². The molecule has 0 unspecified atom stereocenters. The van der Waals surface area contributed by atoms with Crippen LogP contribution in [0.3, 0.4) is 0 Å². The number of nitrogens with one attached hydrogen (secondary N) is 1. The van der Waals surface area contributed by atoms with Gasteiger partial charge in [-0.3, -0.25) is 10.2 Å². The Morgan fingerprint density at radius 2 is 2.40 bits per heavy atom. The van der Waals surface area contributed by atoms with Crippen molar-refractivity contribution in [1.82, 2.24) is 10.2 Å². The minimum atomic E-state index is -0.778. The number of urea groups is 1. The molecule has 1 fully saturated rings. The van der Waals surface area contributed by atoms with Gasteiger partial charge in [-0.25, -0.2) is 4.79 Å². The molecule has 0 bridgehead atoms. The van der Waals surface area contributed by atoms with E-state index >= 15 is 0 Å². The third-order valence-electron chi connectivity index (χ3n) is 3.58. The minimum Gasteiger partial charge on any atom is -0.394 e. The van der Waals surface area contributed by atoms with Crippen LogP contribution in [0.25, 0.3) is 0 Å². The largest absolute Gasteiger partial charge is 0.394 e. The van der Waals surface area contributed by atoms with E-state index in [0.29, 0.717) is 12.3 Å². The van der Waals surface area contributed by atoms with Crippen molar-refractivity contribution < 1.29 is 24.6 Å². The number of nitrogens with zero attached hydrogens (tertiary/aromatic N) is 2. The number of carbonyl (C=O) groups is 1. The molecule has 3 rings (SSSR count). The number of fused-ring (bicyclic) bond motifs is 1. The molecule has 3 heterocycles. The Morgan fingerprint density at radius 3 is 3.10 bits per heavy atom. The summed E-state index contributed by atoms with van der Waals surface area (Å²) >= 11 is 0. The zero-order valence-corrected chi connectivity index (χ0v) is 11.0. The van der Waals surface area contributed by atoms with Crippen LogP contribution in [0, 0.1) is 0 Å². The topological polar surface area (TPSA) is 104 Å². The number of hydrogen-bond acceptors (Lipinski definition) is 6. The molecular weight excluding hydrogens is 266 g/mol. The monoisotopic (exact) mass is 283 g/mol. The molecule has 8 nitrogen and oxygen atoms in total. The standard InChI is InChI=1S/C12H17N3O5/c1-6-2-7-4-15(12(18)13-11(7)14-20-6)10-3-8(17)9(5-16)19-10/h4,6,8-10,16-17H,2-3,5H2,1H3,(H,13,14,18)/t6-,8+,9-,10-/m1/s1. The van der Waals surface area contributed by atoms with Gasteiger partial charge < -0.3 is 19.8 Å². The number of aliphatic hydroxyl groups excluding tert-OH is 2. The molecule has 3 N–H and O–H groups in total. The second-order valence-electron chi connectivity index (χ2n) is 5.17. The molecule has 8 heteroatoms. The molecule has 3 aliphatic heterocycles. The van der Waals surface area contributed by atoms with Gasteiger partial charge in [0, 0.05) is 24.6 Å². The molecule has 0 aliphatic carbocycles. The van der Waals surface area contributed by atoms with Crippen LogP contribution in [-0.4, -0.2) is 58.1 Å². The first-order valence-corrected chi connectivity index (χ1v) is 6.57. The van der Waals surface area contributed by atoms with E-state index in [9.17, 15) is 9.90 Å². The van der Waals surface area contributed by atoms with Gasteiger partial charge in [0.15, 0.2) is 5.84 Å². The van der Waals surface area contributed by atoms with Crippen molar-refractivity contribution in [1.29, 1.82) is 0 Å². The van der Waals surface area contributed by atoms with E-state index in [1.165, 1.54) is 4.90 Å². The van der Waals surface area contributed by atoms with E-state index in [2.05, 4.69) is 10.5 Å². The molecule has 1 saturated heterocycles. The third-order valence-corrected chi connectivity index (χ3v) is 3.58. The van der Waals surface area contributed by atoms with Gasteiger partial charge in [-0.2, -0.15) is 0 Å². The first-order valence-electron chi connectivity index (χ1n) is 6.57. The molecule has 0 aromatic carbocycles. The number of oxime groups is 1. The number of carbonyl (C=O) groups excluding carboxylic acids is 1. The Hall–Kier alpha value is -1.64. The first-order chi connectivity index (χ1) is 9.58. The lowest BCUT2D eigenvalue weighted by Crippen LogP contribution is -2.51.